The molecule has 0 bridgehead atoms. The van der Waals surface area contributed by atoms with E-state index < -0.39 is 60.2 Å². The zero-order chi connectivity index (χ0) is 28.1. The molecular formula is C29H46O8. The van der Waals surface area contributed by atoms with Crippen LogP contribution < -0.4 is 0 Å². The molecule has 11 atom stereocenters. The maximum atomic E-state index is 13.3. The van der Waals surface area contributed by atoms with Gasteiger partial charge >= 0.3 is 5.97 Å². The van der Waals surface area contributed by atoms with E-state index in [1.54, 1.807) is 45.9 Å². The van der Waals surface area contributed by atoms with Crippen LogP contribution in [0.4, 0.5) is 0 Å². The fourth-order valence-corrected chi connectivity index (χ4v) is 5.95. The normalized spacial score (nSPS) is 34.4. The van der Waals surface area contributed by atoms with Crippen LogP contribution in [0, 0.1) is 35.0 Å². The molecule has 1 saturated carbocycles. The zero-order valence-electron chi connectivity index (χ0n) is 23.2. The number of ketones is 1. The first-order valence-electron chi connectivity index (χ1n) is 13.2. The van der Waals surface area contributed by atoms with Crippen molar-refractivity contribution in [2.24, 2.45) is 35.0 Å². The van der Waals surface area contributed by atoms with Gasteiger partial charge in [0.15, 0.2) is 5.78 Å². The Morgan fingerprint density at radius 2 is 1.78 bits per heavy atom. The topological polar surface area (TPSA) is 134 Å². The van der Waals surface area contributed by atoms with Gasteiger partial charge in [0.1, 0.15) is 18.3 Å². The summed E-state index contributed by atoms with van der Waals surface area (Å²) in [6, 6.07) is 0. The summed E-state index contributed by atoms with van der Waals surface area (Å²) in [5, 5.41) is 40.2. The number of hydrogen-bond acceptors (Lipinski definition) is 8. The van der Waals surface area contributed by atoms with Crippen molar-refractivity contribution in [3.05, 3.63) is 36.0 Å². The number of aliphatic hydroxyl groups is 4. The van der Waals surface area contributed by atoms with Crippen LogP contribution in [0.25, 0.3) is 0 Å². The molecule has 2 aliphatic carbocycles. The van der Waals surface area contributed by atoms with Crippen molar-refractivity contribution in [2.45, 2.75) is 84.9 Å². The van der Waals surface area contributed by atoms with E-state index in [-0.39, 0.29) is 23.7 Å². The average Bonchev–Trinajstić information content (AvgIpc) is 2.86. The van der Waals surface area contributed by atoms with Gasteiger partial charge < -0.3 is 29.9 Å². The van der Waals surface area contributed by atoms with Gasteiger partial charge in [-0.2, -0.15) is 0 Å². The molecule has 0 radical (unpaired) electrons. The Hall–Kier alpha value is -1.84. The van der Waals surface area contributed by atoms with Gasteiger partial charge in [0.05, 0.1) is 24.7 Å². The molecule has 0 saturated heterocycles. The molecule has 0 amide bonds. The van der Waals surface area contributed by atoms with Gasteiger partial charge in [-0.3, -0.25) is 9.59 Å². The molecule has 0 aromatic heterocycles. The summed E-state index contributed by atoms with van der Waals surface area (Å²) in [6.45, 7) is 10.1. The molecular weight excluding hydrogens is 476 g/mol. The number of fused-ring (bicyclic) bond motifs is 1. The molecule has 2 rings (SSSR count). The van der Waals surface area contributed by atoms with E-state index in [1.165, 1.54) is 7.11 Å². The van der Waals surface area contributed by atoms with Crippen LogP contribution in [0.15, 0.2) is 36.0 Å². The van der Waals surface area contributed by atoms with Crippen LogP contribution in [-0.2, 0) is 19.1 Å². The number of carbonyl (C=O) groups is 2. The predicted molar refractivity (Wildman–Crippen MR) is 140 cm³/mol. The lowest BCUT2D eigenvalue weighted by Gasteiger charge is -2.52. The summed E-state index contributed by atoms with van der Waals surface area (Å²) in [6.07, 6.45) is 6.16. The van der Waals surface area contributed by atoms with E-state index in [0.29, 0.717) is 12.0 Å². The highest BCUT2D eigenvalue weighted by atomic mass is 16.5. The molecule has 0 unspecified atom stereocenters. The van der Waals surface area contributed by atoms with Crippen LogP contribution in [0.1, 0.15) is 54.4 Å². The van der Waals surface area contributed by atoms with Crippen molar-refractivity contribution in [3.63, 3.8) is 0 Å². The van der Waals surface area contributed by atoms with Crippen molar-refractivity contribution >= 4 is 11.8 Å². The minimum atomic E-state index is -1.50. The second-order valence-electron chi connectivity index (χ2n) is 11.2. The SMILES string of the molecule is CO[C@@H](/C=C/C=C(\C)[C@H](O)[C@H](C)C(=O)O[C@H]1C[C@H](C)C[C@@H]2C=C[C@H](C)[C@](C)(C(=O)[C@H](O)CO)[C@@H]12)[C@H](C)O. The number of aliphatic hydroxyl groups excluding tert-OH is 4. The van der Waals surface area contributed by atoms with E-state index in [1.807, 2.05) is 13.0 Å². The molecule has 0 aliphatic heterocycles. The fraction of sp³-hybridized carbons (Fsp3) is 0.724. The third-order valence-electron chi connectivity index (χ3n) is 8.45. The number of carbonyl (C=O) groups excluding carboxylic acids is 2. The van der Waals surface area contributed by atoms with Gasteiger partial charge in [0.2, 0.25) is 0 Å². The highest BCUT2D eigenvalue weighted by molar-refractivity contribution is 5.89. The molecule has 8 heteroatoms. The number of Topliss-reactive ketones (excluding diaryl/α,β-unsaturated/α-hetero) is 1. The molecule has 0 aromatic rings. The van der Waals surface area contributed by atoms with E-state index >= 15 is 0 Å². The van der Waals surface area contributed by atoms with Crippen LogP contribution in [0.2, 0.25) is 0 Å². The minimum absolute atomic E-state index is 0.00719. The number of esters is 1. The van der Waals surface area contributed by atoms with E-state index in [9.17, 15) is 30.0 Å². The van der Waals surface area contributed by atoms with Gasteiger partial charge in [-0.25, -0.2) is 0 Å². The maximum absolute atomic E-state index is 13.3. The van der Waals surface area contributed by atoms with Gasteiger partial charge in [-0.15, -0.1) is 0 Å². The first-order chi connectivity index (χ1) is 17.3. The van der Waals surface area contributed by atoms with Gasteiger partial charge in [0, 0.05) is 18.4 Å². The second kappa shape index (κ2) is 13.3. The smallest absolute Gasteiger partial charge is 0.311 e. The summed E-state index contributed by atoms with van der Waals surface area (Å²) >= 11 is 0. The predicted octanol–water partition coefficient (Wildman–Crippen LogP) is 2.59. The third kappa shape index (κ3) is 6.98. The molecule has 210 valence electrons. The van der Waals surface area contributed by atoms with E-state index in [0.717, 1.165) is 6.42 Å². The van der Waals surface area contributed by atoms with Gasteiger partial charge in [-0.1, -0.05) is 51.2 Å². The molecule has 0 heterocycles. The van der Waals surface area contributed by atoms with Crippen molar-refractivity contribution in [1.82, 2.24) is 0 Å². The van der Waals surface area contributed by atoms with Crippen molar-refractivity contribution in [3.8, 4) is 0 Å². The lowest BCUT2D eigenvalue weighted by atomic mass is 9.52. The lowest BCUT2D eigenvalue weighted by molar-refractivity contribution is -0.176. The molecule has 0 spiro atoms. The summed E-state index contributed by atoms with van der Waals surface area (Å²) in [5.74, 6) is -2.16. The first kappa shape index (κ1) is 31.4. The van der Waals surface area contributed by atoms with E-state index in [2.05, 4.69) is 13.0 Å². The lowest BCUT2D eigenvalue weighted by Crippen LogP contribution is -2.57. The molecule has 4 N–H and O–H groups in total. The Kier molecular flexibility index (Phi) is 11.3. The van der Waals surface area contributed by atoms with Crippen LogP contribution in [0.3, 0.4) is 0 Å². The zero-order valence-corrected chi connectivity index (χ0v) is 23.2. The van der Waals surface area contributed by atoms with Crippen LogP contribution in [0.5, 0.6) is 0 Å². The molecule has 37 heavy (non-hydrogen) atoms. The second-order valence-corrected chi connectivity index (χ2v) is 11.2. The fourth-order valence-electron chi connectivity index (χ4n) is 5.95. The molecule has 0 aromatic carbocycles. The largest absolute Gasteiger partial charge is 0.462 e. The number of allylic oxidation sites excluding steroid dienone is 4. The average molecular weight is 523 g/mol. The Labute approximate surface area is 221 Å². The minimum Gasteiger partial charge on any atom is -0.462 e. The number of methoxy groups -OCH3 is 1. The van der Waals surface area contributed by atoms with Crippen molar-refractivity contribution < 1.29 is 39.5 Å². The summed E-state index contributed by atoms with van der Waals surface area (Å²) < 4.78 is 11.2. The van der Waals surface area contributed by atoms with Crippen LogP contribution in [-0.4, -0.2) is 76.4 Å². The van der Waals surface area contributed by atoms with Crippen molar-refractivity contribution in [2.75, 3.05) is 13.7 Å². The Bertz CT molecular complexity index is 877. The standard InChI is InChI=1S/C29H46O8/c1-16-13-21-12-11-18(3)29(6,27(34)22(32)15-30)25(21)24(14-16)37-28(35)19(4)26(33)17(2)9-8-10-23(36-7)20(5)31/h8-12,16,18-26,30-33H,13-15H2,1-7H3/b10-8+,17-9+/t16-,18+,19+,20+,21+,22-,23+,24+,25-,26+,29+/m1/s1. The summed E-state index contributed by atoms with van der Waals surface area (Å²) in [7, 11) is 1.49. The highest BCUT2D eigenvalue weighted by Crippen LogP contribution is 2.53. The Morgan fingerprint density at radius 3 is 2.35 bits per heavy atom. The number of rotatable bonds is 11. The quantitative estimate of drug-likeness (QED) is 0.185. The van der Waals surface area contributed by atoms with Gasteiger partial charge in [0.25, 0.3) is 0 Å². The Morgan fingerprint density at radius 1 is 1.14 bits per heavy atom. The summed E-state index contributed by atoms with van der Waals surface area (Å²) in [4.78, 5) is 26.5. The molecule has 8 nitrogen and oxygen atoms in total. The van der Waals surface area contributed by atoms with Crippen LogP contribution >= 0.6 is 0 Å². The van der Waals surface area contributed by atoms with E-state index in [4.69, 9.17) is 9.47 Å². The van der Waals surface area contributed by atoms with Crippen molar-refractivity contribution in [1.29, 1.82) is 0 Å². The Balaban J connectivity index is 2.25. The van der Waals surface area contributed by atoms with Gasteiger partial charge in [-0.05, 0) is 56.9 Å². The molecule has 2 aliphatic rings. The number of hydrogen-bond donors (Lipinski definition) is 4. The molecule has 1 fully saturated rings. The summed E-state index contributed by atoms with van der Waals surface area (Å²) in [5.41, 5.74) is -0.465. The first-order valence-corrected chi connectivity index (χ1v) is 13.2. The maximum Gasteiger partial charge on any atom is 0.311 e. The highest BCUT2D eigenvalue weighted by Gasteiger charge is 2.56. The monoisotopic (exact) mass is 522 g/mol. The third-order valence-corrected chi connectivity index (χ3v) is 8.45. The number of ether oxygens (including phenoxy) is 2.